The van der Waals surface area contributed by atoms with Crippen molar-refractivity contribution < 1.29 is 0 Å². The van der Waals surface area contributed by atoms with E-state index in [9.17, 15) is 9.59 Å². The number of aryl methyl sites for hydroxylation is 1. The molecule has 0 spiro atoms. The second-order valence-electron chi connectivity index (χ2n) is 3.26. The summed E-state index contributed by atoms with van der Waals surface area (Å²) >= 11 is 0. The minimum Gasteiger partial charge on any atom is -0.281 e. The second kappa shape index (κ2) is 4.91. The Labute approximate surface area is 88.4 Å². The van der Waals surface area contributed by atoms with Gasteiger partial charge in [-0.2, -0.15) is 4.98 Å². The summed E-state index contributed by atoms with van der Waals surface area (Å²) in [5, 5.41) is 0. The van der Waals surface area contributed by atoms with Gasteiger partial charge in [0.1, 0.15) is 5.82 Å². The Balaban J connectivity index is 0.000000531. The molecule has 0 amide bonds. The van der Waals surface area contributed by atoms with E-state index < -0.39 is 5.69 Å². The van der Waals surface area contributed by atoms with Crippen LogP contribution in [0.1, 0.15) is 32.5 Å². The van der Waals surface area contributed by atoms with Crippen molar-refractivity contribution in [3.63, 3.8) is 0 Å². The van der Waals surface area contributed by atoms with Gasteiger partial charge in [-0.15, -0.1) is 0 Å². The highest BCUT2D eigenvalue weighted by atomic mass is 16.2. The average Bonchev–Trinajstić information content (AvgIpc) is 2.29. The van der Waals surface area contributed by atoms with Gasteiger partial charge in [-0.25, -0.2) is 14.2 Å². The van der Waals surface area contributed by atoms with Crippen LogP contribution in [0.4, 0.5) is 0 Å². The minimum absolute atomic E-state index is 0.241. The molecular formula is C10H17N3O2. The SMILES string of the molecule is CC.Cn1c(=O)nc2n(c1=O)CCCC2. The third-order valence-corrected chi connectivity index (χ3v) is 2.37. The maximum atomic E-state index is 11.5. The molecule has 1 aliphatic heterocycles. The molecule has 0 N–H and O–H groups in total. The molecular weight excluding hydrogens is 194 g/mol. The van der Waals surface area contributed by atoms with Gasteiger partial charge >= 0.3 is 11.4 Å². The highest BCUT2D eigenvalue weighted by molar-refractivity contribution is 4.91. The van der Waals surface area contributed by atoms with Gasteiger partial charge in [-0.05, 0) is 12.8 Å². The molecule has 0 aromatic carbocycles. The Hall–Kier alpha value is -1.39. The summed E-state index contributed by atoms with van der Waals surface area (Å²) in [5.41, 5.74) is -0.687. The van der Waals surface area contributed by atoms with Crippen LogP contribution >= 0.6 is 0 Å². The van der Waals surface area contributed by atoms with Crippen molar-refractivity contribution in [3.05, 3.63) is 26.8 Å². The van der Waals surface area contributed by atoms with Gasteiger partial charge in [-0.1, -0.05) is 13.8 Å². The lowest BCUT2D eigenvalue weighted by Crippen LogP contribution is -2.42. The summed E-state index contributed by atoms with van der Waals surface area (Å²) in [5.74, 6) is 0.638. The number of rotatable bonds is 0. The fourth-order valence-electron chi connectivity index (χ4n) is 1.59. The Morgan fingerprint density at radius 2 is 1.87 bits per heavy atom. The van der Waals surface area contributed by atoms with Gasteiger partial charge in [0.25, 0.3) is 0 Å². The molecule has 15 heavy (non-hydrogen) atoms. The summed E-state index contributed by atoms with van der Waals surface area (Å²) in [6, 6.07) is 0. The molecule has 1 aliphatic rings. The Morgan fingerprint density at radius 1 is 1.20 bits per heavy atom. The second-order valence-corrected chi connectivity index (χ2v) is 3.26. The van der Waals surface area contributed by atoms with E-state index in [0.717, 1.165) is 23.8 Å². The quantitative estimate of drug-likeness (QED) is 0.620. The van der Waals surface area contributed by atoms with Gasteiger partial charge in [0.15, 0.2) is 0 Å². The first-order chi connectivity index (χ1) is 7.20. The largest absolute Gasteiger partial charge is 0.353 e. The van der Waals surface area contributed by atoms with Crippen LogP contribution in [-0.4, -0.2) is 14.1 Å². The molecule has 0 aliphatic carbocycles. The molecule has 2 rings (SSSR count). The average molecular weight is 211 g/mol. The zero-order chi connectivity index (χ0) is 11.4. The topological polar surface area (TPSA) is 56.9 Å². The number of fused-ring (bicyclic) bond motifs is 1. The Kier molecular flexibility index (Phi) is 3.82. The van der Waals surface area contributed by atoms with Crippen molar-refractivity contribution in [2.24, 2.45) is 7.05 Å². The predicted molar refractivity (Wildman–Crippen MR) is 58.0 cm³/mol. The monoisotopic (exact) mass is 211 g/mol. The van der Waals surface area contributed by atoms with Crippen molar-refractivity contribution >= 4 is 0 Å². The lowest BCUT2D eigenvalue weighted by atomic mass is 10.2. The summed E-state index contributed by atoms with van der Waals surface area (Å²) in [6.07, 6.45) is 2.75. The molecule has 2 heterocycles. The van der Waals surface area contributed by atoms with Crippen LogP contribution in [0.5, 0.6) is 0 Å². The number of hydrogen-bond donors (Lipinski definition) is 0. The van der Waals surface area contributed by atoms with Crippen LogP contribution < -0.4 is 11.4 Å². The smallest absolute Gasteiger partial charge is 0.281 e. The zero-order valence-electron chi connectivity index (χ0n) is 9.49. The van der Waals surface area contributed by atoms with Gasteiger partial charge in [-0.3, -0.25) is 4.57 Å². The van der Waals surface area contributed by atoms with E-state index in [4.69, 9.17) is 0 Å². The zero-order valence-corrected chi connectivity index (χ0v) is 9.49. The lowest BCUT2D eigenvalue weighted by Gasteiger charge is -2.16. The minimum atomic E-state index is -0.446. The van der Waals surface area contributed by atoms with Gasteiger partial charge in [0, 0.05) is 20.0 Å². The van der Waals surface area contributed by atoms with E-state index in [1.165, 1.54) is 7.05 Å². The van der Waals surface area contributed by atoms with Crippen LogP contribution in [0.15, 0.2) is 9.59 Å². The van der Waals surface area contributed by atoms with E-state index in [2.05, 4.69) is 4.98 Å². The molecule has 0 unspecified atom stereocenters. The molecule has 0 saturated carbocycles. The molecule has 0 radical (unpaired) electrons. The van der Waals surface area contributed by atoms with Crippen molar-refractivity contribution in [2.75, 3.05) is 0 Å². The maximum Gasteiger partial charge on any atom is 0.353 e. The van der Waals surface area contributed by atoms with Gasteiger partial charge in [0.05, 0.1) is 0 Å². The number of aromatic nitrogens is 3. The molecule has 1 aromatic heterocycles. The van der Waals surface area contributed by atoms with Crippen LogP contribution in [-0.2, 0) is 20.0 Å². The summed E-state index contributed by atoms with van der Waals surface area (Å²) < 4.78 is 2.64. The van der Waals surface area contributed by atoms with Crippen LogP contribution in [0.2, 0.25) is 0 Å². The lowest BCUT2D eigenvalue weighted by molar-refractivity contribution is 0.458. The Bertz CT molecular complexity index is 445. The van der Waals surface area contributed by atoms with Crippen LogP contribution in [0.25, 0.3) is 0 Å². The van der Waals surface area contributed by atoms with Crippen molar-refractivity contribution in [1.29, 1.82) is 0 Å². The molecule has 5 heteroatoms. The first-order valence-corrected chi connectivity index (χ1v) is 5.37. The third-order valence-electron chi connectivity index (χ3n) is 2.37. The van der Waals surface area contributed by atoms with E-state index in [0.29, 0.717) is 12.4 Å². The fraction of sp³-hybridized carbons (Fsp3) is 0.700. The van der Waals surface area contributed by atoms with E-state index >= 15 is 0 Å². The summed E-state index contributed by atoms with van der Waals surface area (Å²) in [6.45, 7) is 4.69. The molecule has 0 bridgehead atoms. The maximum absolute atomic E-state index is 11.5. The predicted octanol–water partition coefficient (Wildman–Crippen LogP) is 0.304. The van der Waals surface area contributed by atoms with Gasteiger partial charge < -0.3 is 0 Å². The fourth-order valence-corrected chi connectivity index (χ4v) is 1.59. The van der Waals surface area contributed by atoms with E-state index in [1.807, 2.05) is 13.8 Å². The first kappa shape index (κ1) is 11.7. The van der Waals surface area contributed by atoms with Crippen molar-refractivity contribution in [2.45, 2.75) is 39.7 Å². The molecule has 0 atom stereocenters. The number of nitrogens with zero attached hydrogens (tertiary/aromatic N) is 3. The normalized spacial score (nSPS) is 13.8. The number of hydrogen-bond acceptors (Lipinski definition) is 3. The molecule has 1 aromatic rings. The van der Waals surface area contributed by atoms with Gasteiger partial charge in [0.2, 0.25) is 0 Å². The molecule has 0 saturated heterocycles. The van der Waals surface area contributed by atoms with E-state index in [-0.39, 0.29) is 5.69 Å². The summed E-state index contributed by atoms with van der Waals surface area (Å²) in [7, 11) is 1.46. The van der Waals surface area contributed by atoms with Crippen LogP contribution in [0, 0.1) is 0 Å². The Morgan fingerprint density at radius 3 is 2.53 bits per heavy atom. The van der Waals surface area contributed by atoms with Crippen molar-refractivity contribution in [3.8, 4) is 0 Å². The molecule has 5 nitrogen and oxygen atoms in total. The first-order valence-electron chi connectivity index (χ1n) is 5.37. The third kappa shape index (κ3) is 2.16. The highest BCUT2D eigenvalue weighted by Crippen LogP contribution is 2.07. The van der Waals surface area contributed by atoms with Crippen molar-refractivity contribution in [1.82, 2.24) is 14.1 Å². The molecule has 84 valence electrons. The van der Waals surface area contributed by atoms with E-state index in [1.54, 1.807) is 4.57 Å². The highest BCUT2D eigenvalue weighted by Gasteiger charge is 2.13. The standard InChI is InChI=1S/C8H11N3O2.C2H6/c1-10-7(12)9-6-4-2-3-5-11(6)8(10)13;1-2/h2-5H2,1H3;1-2H3. The van der Waals surface area contributed by atoms with Crippen LogP contribution in [0.3, 0.4) is 0 Å². The molecule has 0 fully saturated rings. The summed E-state index contributed by atoms with van der Waals surface area (Å²) in [4.78, 5) is 26.5.